The molecule has 0 aromatic carbocycles. The average molecular weight is 248 g/mol. The van der Waals surface area contributed by atoms with Gasteiger partial charge in [0.15, 0.2) is 0 Å². The summed E-state index contributed by atoms with van der Waals surface area (Å²) in [6, 6.07) is 5.78. The number of anilines is 1. The van der Waals surface area contributed by atoms with Gasteiger partial charge in [0.25, 0.3) is 0 Å². The van der Waals surface area contributed by atoms with Crippen LogP contribution >= 0.6 is 0 Å². The van der Waals surface area contributed by atoms with Gasteiger partial charge in [0, 0.05) is 13.1 Å². The minimum absolute atomic E-state index is 0.130. The van der Waals surface area contributed by atoms with Crippen molar-refractivity contribution in [2.75, 3.05) is 18.4 Å². The number of hydrogen-bond donors (Lipinski definition) is 2. The third kappa shape index (κ3) is 2.98. The Bertz CT molecular complexity index is 421. The van der Waals surface area contributed by atoms with Crippen LogP contribution in [0.15, 0.2) is 18.2 Å². The third-order valence-corrected chi connectivity index (χ3v) is 3.22. The number of nitrogens with one attached hydrogen (secondary N) is 1. The molecule has 0 aliphatic carbocycles. The number of carbonyl (C=O) groups is 1. The number of hydrogen-bond acceptors (Lipinski definition) is 4. The van der Waals surface area contributed by atoms with Gasteiger partial charge in [0.1, 0.15) is 5.82 Å². The lowest BCUT2D eigenvalue weighted by atomic mass is 10.2. The fourth-order valence-corrected chi connectivity index (χ4v) is 2.39. The van der Waals surface area contributed by atoms with Gasteiger partial charge in [-0.1, -0.05) is 6.07 Å². The number of aromatic nitrogens is 1. The maximum Gasteiger partial charge on any atom is 0.234 e. The van der Waals surface area contributed by atoms with Gasteiger partial charge < -0.3 is 11.1 Å². The summed E-state index contributed by atoms with van der Waals surface area (Å²) in [4.78, 5) is 17.9. The number of likely N-dealkylation sites (tertiary alicyclic amines) is 1. The van der Waals surface area contributed by atoms with Crippen molar-refractivity contribution in [1.29, 1.82) is 0 Å². The molecule has 1 aromatic heterocycles. The van der Waals surface area contributed by atoms with Gasteiger partial charge in [-0.2, -0.15) is 0 Å². The Labute approximate surface area is 107 Å². The molecule has 1 atom stereocenters. The third-order valence-electron chi connectivity index (χ3n) is 3.22. The molecule has 1 aliphatic heterocycles. The van der Waals surface area contributed by atoms with Crippen molar-refractivity contribution in [2.24, 2.45) is 5.73 Å². The summed E-state index contributed by atoms with van der Waals surface area (Å²) in [7, 11) is 0. The van der Waals surface area contributed by atoms with Gasteiger partial charge in [0.2, 0.25) is 5.91 Å². The first kappa shape index (κ1) is 12.8. The Hall–Kier alpha value is -1.62. The van der Waals surface area contributed by atoms with E-state index < -0.39 is 0 Å². The van der Waals surface area contributed by atoms with Gasteiger partial charge in [0.05, 0.1) is 11.7 Å². The van der Waals surface area contributed by atoms with Crippen molar-refractivity contribution in [3.63, 3.8) is 0 Å². The molecule has 3 N–H and O–H groups in total. The van der Waals surface area contributed by atoms with Crippen LogP contribution in [0.1, 0.15) is 25.5 Å². The zero-order chi connectivity index (χ0) is 13.0. The molecule has 1 unspecified atom stereocenters. The highest BCUT2D eigenvalue weighted by atomic mass is 16.1. The molecule has 5 nitrogen and oxygen atoms in total. The monoisotopic (exact) mass is 248 g/mol. The van der Waals surface area contributed by atoms with Crippen LogP contribution in [-0.2, 0) is 11.3 Å². The predicted octanol–water partition coefficient (Wildman–Crippen LogP) is 0.963. The highest BCUT2D eigenvalue weighted by Gasteiger charge is 2.28. The summed E-state index contributed by atoms with van der Waals surface area (Å²) in [5.74, 6) is 0.653. The van der Waals surface area contributed by atoms with E-state index in [0.29, 0.717) is 6.54 Å². The summed E-state index contributed by atoms with van der Waals surface area (Å²) in [5.41, 5.74) is 6.38. The highest BCUT2D eigenvalue weighted by Crippen LogP contribution is 2.19. The maximum absolute atomic E-state index is 11.3. The van der Waals surface area contributed by atoms with Crippen LogP contribution in [0.4, 0.5) is 5.82 Å². The summed E-state index contributed by atoms with van der Waals surface area (Å²) < 4.78 is 0. The molecule has 1 aromatic rings. The molecule has 2 heterocycles. The SMILES string of the molecule is CCNc1cccc(CN2CCCC2C(N)=O)n1. The molecule has 98 valence electrons. The molecule has 5 heteroatoms. The second kappa shape index (κ2) is 5.82. The molecule has 0 radical (unpaired) electrons. The lowest BCUT2D eigenvalue weighted by Gasteiger charge is -2.21. The van der Waals surface area contributed by atoms with Crippen LogP contribution in [0.3, 0.4) is 0 Å². The molecule has 1 fully saturated rings. The van der Waals surface area contributed by atoms with Crippen LogP contribution in [0.2, 0.25) is 0 Å². The van der Waals surface area contributed by atoms with Crippen LogP contribution < -0.4 is 11.1 Å². The Balaban J connectivity index is 2.04. The van der Waals surface area contributed by atoms with Crippen molar-refractivity contribution in [1.82, 2.24) is 9.88 Å². The molecule has 1 saturated heterocycles. The first-order valence-corrected chi connectivity index (χ1v) is 6.44. The van der Waals surface area contributed by atoms with Crippen LogP contribution in [0, 0.1) is 0 Å². The van der Waals surface area contributed by atoms with Gasteiger partial charge in [-0.15, -0.1) is 0 Å². The van der Waals surface area contributed by atoms with Gasteiger partial charge >= 0.3 is 0 Å². The molecular formula is C13H20N4O. The number of amides is 1. The second-order valence-electron chi connectivity index (χ2n) is 4.58. The molecule has 0 saturated carbocycles. The summed E-state index contributed by atoms with van der Waals surface area (Å²) in [6.07, 6.45) is 1.89. The lowest BCUT2D eigenvalue weighted by Crippen LogP contribution is -2.39. The largest absolute Gasteiger partial charge is 0.370 e. The van der Waals surface area contributed by atoms with Crippen LogP contribution in [-0.4, -0.2) is 34.9 Å². The van der Waals surface area contributed by atoms with E-state index in [1.54, 1.807) is 0 Å². The molecule has 2 rings (SSSR count). The fourth-order valence-electron chi connectivity index (χ4n) is 2.39. The van der Waals surface area contributed by atoms with Crippen molar-refractivity contribution in [3.05, 3.63) is 23.9 Å². The van der Waals surface area contributed by atoms with E-state index >= 15 is 0 Å². The minimum atomic E-state index is -0.227. The lowest BCUT2D eigenvalue weighted by molar-refractivity contribution is -0.122. The Kier molecular flexibility index (Phi) is 4.15. The standard InChI is InChI=1S/C13H20N4O/c1-2-15-12-7-3-5-10(16-12)9-17-8-4-6-11(17)13(14)18/h3,5,7,11H,2,4,6,8-9H2,1H3,(H2,14,18)(H,15,16). The fraction of sp³-hybridized carbons (Fsp3) is 0.538. The number of nitrogens with zero attached hydrogens (tertiary/aromatic N) is 2. The summed E-state index contributed by atoms with van der Waals surface area (Å²) in [6.45, 7) is 4.50. The van der Waals surface area contributed by atoms with Crippen molar-refractivity contribution < 1.29 is 4.79 Å². The van der Waals surface area contributed by atoms with Gasteiger partial charge in [-0.05, 0) is 38.4 Å². The Morgan fingerprint density at radius 2 is 2.44 bits per heavy atom. The van der Waals surface area contributed by atoms with Crippen molar-refractivity contribution in [3.8, 4) is 0 Å². The smallest absolute Gasteiger partial charge is 0.234 e. The Morgan fingerprint density at radius 1 is 1.61 bits per heavy atom. The second-order valence-corrected chi connectivity index (χ2v) is 4.58. The van der Waals surface area contributed by atoms with E-state index in [9.17, 15) is 4.79 Å². The summed E-state index contributed by atoms with van der Waals surface area (Å²) in [5, 5.41) is 3.19. The average Bonchev–Trinajstić information content (AvgIpc) is 2.78. The number of pyridine rings is 1. The van der Waals surface area contributed by atoms with Gasteiger partial charge in [-0.3, -0.25) is 9.69 Å². The summed E-state index contributed by atoms with van der Waals surface area (Å²) >= 11 is 0. The molecule has 1 amide bonds. The number of carbonyl (C=O) groups excluding carboxylic acids is 1. The predicted molar refractivity (Wildman–Crippen MR) is 71.0 cm³/mol. The van der Waals surface area contributed by atoms with Crippen LogP contribution in [0.25, 0.3) is 0 Å². The molecule has 0 bridgehead atoms. The maximum atomic E-state index is 11.3. The van der Waals surface area contributed by atoms with Gasteiger partial charge in [-0.25, -0.2) is 4.98 Å². The van der Waals surface area contributed by atoms with E-state index in [1.165, 1.54) is 0 Å². The van der Waals surface area contributed by atoms with Crippen LogP contribution in [0.5, 0.6) is 0 Å². The minimum Gasteiger partial charge on any atom is -0.370 e. The molecular weight excluding hydrogens is 228 g/mol. The quantitative estimate of drug-likeness (QED) is 0.814. The normalized spacial score (nSPS) is 19.9. The zero-order valence-electron chi connectivity index (χ0n) is 10.7. The van der Waals surface area contributed by atoms with E-state index in [4.69, 9.17) is 5.73 Å². The highest BCUT2D eigenvalue weighted by molar-refractivity contribution is 5.80. The molecule has 1 aliphatic rings. The number of primary amides is 1. The number of rotatable bonds is 5. The number of nitrogens with two attached hydrogens (primary N) is 1. The Morgan fingerprint density at radius 3 is 3.17 bits per heavy atom. The zero-order valence-corrected chi connectivity index (χ0v) is 10.7. The van der Waals surface area contributed by atoms with Crippen molar-refractivity contribution in [2.45, 2.75) is 32.4 Å². The molecule has 0 spiro atoms. The van der Waals surface area contributed by atoms with E-state index in [0.717, 1.165) is 37.4 Å². The first-order valence-electron chi connectivity index (χ1n) is 6.44. The topological polar surface area (TPSA) is 71.2 Å². The van der Waals surface area contributed by atoms with Crippen molar-refractivity contribution >= 4 is 11.7 Å². The van der Waals surface area contributed by atoms with E-state index in [1.807, 2.05) is 25.1 Å². The first-order chi connectivity index (χ1) is 8.70. The molecule has 18 heavy (non-hydrogen) atoms. The van der Waals surface area contributed by atoms with E-state index in [2.05, 4.69) is 15.2 Å². The van der Waals surface area contributed by atoms with E-state index in [-0.39, 0.29) is 11.9 Å².